The van der Waals surface area contributed by atoms with Crippen LogP contribution in [0, 0.1) is 0 Å². The maximum Gasteiger partial charge on any atom is 0.153 e. The van der Waals surface area contributed by atoms with Crippen molar-refractivity contribution >= 4 is 5.57 Å². The molecule has 1 atom stereocenters. The average molecular weight is 373 g/mol. The summed E-state index contributed by atoms with van der Waals surface area (Å²) in [6.45, 7) is 14.0. The lowest BCUT2D eigenvalue weighted by Gasteiger charge is -2.17. The minimum absolute atomic E-state index is 0.706. The van der Waals surface area contributed by atoms with Gasteiger partial charge in [-0.3, -0.25) is 4.90 Å². The van der Waals surface area contributed by atoms with Crippen LogP contribution >= 0.6 is 0 Å². The van der Waals surface area contributed by atoms with Crippen molar-refractivity contribution < 1.29 is 4.39 Å². The molecule has 2 nitrogen and oxygen atoms in total. The molecule has 0 amide bonds. The molecule has 2 rings (SSSR count). The normalized spacial score (nSPS) is 16.8. The Labute approximate surface area is 165 Å². The maximum atomic E-state index is 13.5. The Morgan fingerprint density at radius 3 is 2.41 bits per heavy atom. The third-order valence-electron chi connectivity index (χ3n) is 4.58. The average Bonchev–Trinajstić information content (AvgIpc) is 3.09. The van der Waals surface area contributed by atoms with Crippen LogP contribution < -0.4 is 5.32 Å². The van der Waals surface area contributed by atoms with Crippen LogP contribution in [0.3, 0.4) is 0 Å². The Hall–Kier alpha value is -1.87. The molecule has 1 aromatic carbocycles. The topological polar surface area (TPSA) is 15.3 Å². The summed E-state index contributed by atoms with van der Waals surface area (Å²) in [6.07, 6.45) is 9.36. The van der Waals surface area contributed by atoms with Gasteiger partial charge in [-0.05, 0) is 54.9 Å². The van der Waals surface area contributed by atoms with Crippen molar-refractivity contribution in [1.82, 2.24) is 10.2 Å². The molecule has 1 aliphatic rings. The predicted molar refractivity (Wildman–Crippen MR) is 117 cm³/mol. The van der Waals surface area contributed by atoms with Gasteiger partial charge < -0.3 is 5.32 Å². The van der Waals surface area contributed by atoms with Crippen LogP contribution in [0.5, 0.6) is 0 Å². The SMILES string of the molecule is C=C(/C=C\C(=C)c1ccc(CCCCN2CCCC2F)cc1)NC.CCC. The molecule has 0 bridgehead atoms. The van der Waals surface area contributed by atoms with E-state index in [-0.39, 0.29) is 0 Å². The molecule has 0 aliphatic carbocycles. The number of nitrogens with one attached hydrogen (secondary N) is 1. The number of unbranched alkanes of at least 4 members (excludes halogenated alkanes) is 1. The molecule has 150 valence electrons. The number of allylic oxidation sites excluding steroid dienone is 3. The van der Waals surface area contributed by atoms with Crippen molar-refractivity contribution in [3.63, 3.8) is 0 Å². The molecule has 0 radical (unpaired) electrons. The van der Waals surface area contributed by atoms with E-state index in [1.807, 2.05) is 24.1 Å². The van der Waals surface area contributed by atoms with Crippen molar-refractivity contribution in [2.24, 2.45) is 0 Å². The molecule has 1 N–H and O–H groups in total. The van der Waals surface area contributed by atoms with Gasteiger partial charge in [-0.15, -0.1) is 0 Å². The third-order valence-corrected chi connectivity index (χ3v) is 4.58. The quantitative estimate of drug-likeness (QED) is 0.319. The lowest BCUT2D eigenvalue weighted by atomic mass is 10.0. The van der Waals surface area contributed by atoms with Crippen LogP contribution in [0.25, 0.3) is 5.57 Å². The van der Waals surface area contributed by atoms with Crippen LogP contribution in [0.15, 0.2) is 55.3 Å². The van der Waals surface area contributed by atoms with E-state index in [4.69, 9.17) is 0 Å². The first-order valence-corrected chi connectivity index (χ1v) is 10.2. The van der Waals surface area contributed by atoms with E-state index in [9.17, 15) is 4.39 Å². The summed E-state index contributed by atoms with van der Waals surface area (Å²) in [5.74, 6) is 0. The standard InChI is InChI=1S/C21H29FN2.C3H8/c1-17(9-10-18(2)23-3)20-13-11-19(12-14-20)7-4-5-15-24-16-6-8-21(24)22;1-3-2/h9-14,21,23H,1-2,4-8,15-16H2,3H3;3H2,1-2H3/b10-9-;. The van der Waals surface area contributed by atoms with Gasteiger partial charge >= 0.3 is 0 Å². The zero-order valence-electron chi connectivity index (χ0n) is 17.4. The number of nitrogens with zero attached hydrogens (tertiary/aromatic N) is 1. The monoisotopic (exact) mass is 372 g/mol. The highest BCUT2D eigenvalue weighted by Crippen LogP contribution is 2.19. The number of alkyl halides is 1. The second kappa shape index (κ2) is 13.3. The number of hydrogen-bond acceptors (Lipinski definition) is 2. The number of halogens is 1. The van der Waals surface area contributed by atoms with Crippen LogP contribution in [-0.2, 0) is 6.42 Å². The van der Waals surface area contributed by atoms with E-state index in [1.165, 1.54) is 12.0 Å². The number of aryl methyl sites for hydroxylation is 1. The number of benzene rings is 1. The smallest absolute Gasteiger partial charge is 0.153 e. The minimum Gasteiger partial charge on any atom is -0.389 e. The van der Waals surface area contributed by atoms with E-state index in [2.05, 4.69) is 56.6 Å². The third kappa shape index (κ3) is 9.05. The largest absolute Gasteiger partial charge is 0.389 e. The molecule has 0 saturated carbocycles. The summed E-state index contributed by atoms with van der Waals surface area (Å²) in [5, 5.41) is 2.98. The van der Waals surface area contributed by atoms with Crippen molar-refractivity contribution in [1.29, 1.82) is 0 Å². The first-order chi connectivity index (χ1) is 13.0. The van der Waals surface area contributed by atoms with Crippen LogP contribution in [-0.4, -0.2) is 31.3 Å². The number of hydrogen-bond donors (Lipinski definition) is 1. The van der Waals surface area contributed by atoms with Gasteiger partial charge in [-0.1, -0.05) is 63.8 Å². The fourth-order valence-electron chi connectivity index (χ4n) is 2.95. The Balaban J connectivity index is 0.00000114. The van der Waals surface area contributed by atoms with Gasteiger partial charge in [0.15, 0.2) is 6.30 Å². The van der Waals surface area contributed by atoms with E-state index >= 15 is 0 Å². The van der Waals surface area contributed by atoms with Gasteiger partial charge in [0.25, 0.3) is 0 Å². The van der Waals surface area contributed by atoms with Gasteiger partial charge in [0.05, 0.1) is 0 Å². The van der Waals surface area contributed by atoms with Gasteiger partial charge in [0, 0.05) is 25.8 Å². The highest BCUT2D eigenvalue weighted by molar-refractivity contribution is 5.72. The zero-order valence-corrected chi connectivity index (χ0v) is 17.4. The number of likely N-dealkylation sites (N-methyl/N-ethyl adjacent to an activating group) is 1. The van der Waals surface area contributed by atoms with Crippen molar-refractivity contribution in [3.8, 4) is 0 Å². The van der Waals surface area contributed by atoms with Crippen molar-refractivity contribution in [3.05, 3.63) is 66.4 Å². The maximum absolute atomic E-state index is 13.5. The molecule has 1 saturated heterocycles. The molecule has 1 heterocycles. The van der Waals surface area contributed by atoms with Crippen LogP contribution in [0.1, 0.15) is 57.1 Å². The van der Waals surface area contributed by atoms with Gasteiger partial charge in [0.2, 0.25) is 0 Å². The summed E-state index contributed by atoms with van der Waals surface area (Å²) in [5.41, 5.74) is 4.28. The van der Waals surface area contributed by atoms with Crippen molar-refractivity contribution in [2.75, 3.05) is 20.1 Å². The van der Waals surface area contributed by atoms with Crippen LogP contribution in [0.4, 0.5) is 4.39 Å². The first-order valence-electron chi connectivity index (χ1n) is 10.2. The Morgan fingerprint density at radius 1 is 1.19 bits per heavy atom. The molecule has 1 aromatic rings. The zero-order chi connectivity index (χ0) is 20.1. The second-order valence-corrected chi connectivity index (χ2v) is 7.11. The molecule has 0 aromatic heterocycles. The Bertz CT molecular complexity index is 589. The molecular weight excluding hydrogens is 335 g/mol. The van der Waals surface area contributed by atoms with E-state index < -0.39 is 6.30 Å². The van der Waals surface area contributed by atoms with Gasteiger partial charge in [0.1, 0.15) is 0 Å². The molecule has 1 aliphatic heterocycles. The molecule has 1 fully saturated rings. The lowest BCUT2D eigenvalue weighted by molar-refractivity contribution is 0.125. The molecule has 3 heteroatoms. The van der Waals surface area contributed by atoms with Gasteiger partial charge in [-0.2, -0.15) is 0 Å². The number of likely N-dealkylation sites (tertiary alicyclic amines) is 1. The van der Waals surface area contributed by atoms with E-state index in [0.717, 1.165) is 55.6 Å². The Morgan fingerprint density at radius 2 is 1.85 bits per heavy atom. The van der Waals surface area contributed by atoms with Crippen LogP contribution in [0.2, 0.25) is 0 Å². The van der Waals surface area contributed by atoms with Crippen molar-refractivity contribution in [2.45, 2.75) is 58.7 Å². The molecular formula is C24H37FN2. The molecule has 1 unspecified atom stereocenters. The summed E-state index contributed by atoms with van der Waals surface area (Å²) in [6, 6.07) is 8.55. The summed E-state index contributed by atoms with van der Waals surface area (Å²) >= 11 is 0. The molecule has 0 spiro atoms. The highest BCUT2D eigenvalue weighted by Gasteiger charge is 2.22. The van der Waals surface area contributed by atoms with E-state index in [1.54, 1.807) is 0 Å². The second-order valence-electron chi connectivity index (χ2n) is 7.11. The minimum atomic E-state index is -0.706. The Kier molecular flexibility index (Phi) is 11.4. The fourth-order valence-corrected chi connectivity index (χ4v) is 2.95. The predicted octanol–water partition coefficient (Wildman–Crippen LogP) is 6.12. The summed E-state index contributed by atoms with van der Waals surface area (Å²) in [4.78, 5) is 1.97. The summed E-state index contributed by atoms with van der Waals surface area (Å²) < 4.78 is 13.5. The number of rotatable bonds is 9. The van der Waals surface area contributed by atoms with Gasteiger partial charge in [-0.25, -0.2) is 4.39 Å². The summed E-state index contributed by atoms with van der Waals surface area (Å²) in [7, 11) is 1.85. The fraction of sp³-hybridized carbons (Fsp3) is 0.500. The highest BCUT2D eigenvalue weighted by atomic mass is 19.1. The first kappa shape index (κ1) is 23.2. The van der Waals surface area contributed by atoms with E-state index in [0.29, 0.717) is 6.42 Å². The lowest BCUT2D eigenvalue weighted by Crippen LogP contribution is -2.26. The molecule has 27 heavy (non-hydrogen) atoms.